The Morgan fingerprint density at radius 3 is 2.70 bits per heavy atom. The maximum atomic E-state index is 4.41. The zero-order chi connectivity index (χ0) is 14.5. The van der Waals surface area contributed by atoms with Gasteiger partial charge in [0.1, 0.15) is 6.33 Å². The first-order chi connectivity index (χ1) is 9.63. The van der Waals surface area contributed by atoms with Crippen LogP contribution in [0.5, 0.6) is 0 Å². The standard InChI is InChI=1S/C14H26N6/c1-5-19-10-17-18-13(19)7-16-14(15-4)20-8-11(2)6-12(3)9-20/h10-12H,5-9H2,1-4H3,(H,15,16). The third-order valence-corrected chi connectivity index (χ3v) is 3.82. The summed E-state index contributed by atoms with van der Waals surface area (Å²) in [5, 5.41) is 11.5. The number of guanidine groups is 1. The van der Waals surface area contributed by atoms with Crippen molar-refractivity contribution >= 4 is 5.96 Å². The van der Waals surface area contributed by atoms with Crippen LogP contribution in [0.1, 0.15) is 33.0 Å². The Bertz CT molecular complexity index is 442. The second-order valence-corrected chi connectivity index (χ2v) is 5.78. The molecule has 2 heterocycles. The van der Waals surface area contributed by atoms with E-state index in [-0.39, 0.29) is 0 Å². The predicted octanol–water partition coefficient (Wildman–Crippen LogP) is 1.35. The number of aliphatic imine (C=N–C) groups is 1. The average Bonchev–Trinajstić information content (AvgIpc) is 2.86. The molecule has 1 aromatic rings. The summed E-state index contributed by atoms with van der Waals surface area (Å²) in [5.41, 5.74) is 0. The molecular formula is C14H26N6. The number of aromatic nitrogens is 3. The van der Waals surface area contributed by atoms with Crippen molar-refractivity contribution in [2.75, 3.05) is 20.1 Å². The third-order valence-electron chi connectivity index (χ3n) is 3.82. The lowest BCUT2D eigenvalue weighted by atomic mass is 9.92. The van der Waals surface area contributed by atoms with E-state index in [0.29, 0.717) is 6.54 Å². The monoisotopic (exact) mass is 278 g/mol. The van der Waals surface area contributed by atoms with Crippen LogP contribution < -0.4 is 5.32 Å². The van der Waals surface area contributed by atoms with Crippen LogP contribution in [0.3, 0.4) is 0 Å². The summed E-state index contributed by atoms with van der Waals surface area (Å²) in [6.07, 6.45) is 3.07. The van der Waals surface area contributed by atoms with E-state index >= 15 is 0 Å². The number of piperidine rings is 1. The summed E-state index contributed by atoms with van der Waals surface area (Å²) in [6, 6.07) is 0. The number of nitrogens with zero attached hydrogens (tertiary/aromatic N) is 5. The molecule has 0 amide bonds. The maximum absolute atomic E-state index is 4.41. The van der Waals surface area contributed by atoms with Gasteiger partial charge >= 0.3 is 0 Å². The first kappa shape index (κ1) is 14.8. The summed E-state index contributed by atoms with van der Waals surface area (Å²) < 4.78 is 2.04. The van der Waals surface area contributed by atoms with Gasteiger partial charge in [0.15, 0.2) is 11.8 Å². The summed E-state index contributed by atoms with van der Waals surface area (Å²) in [6.45, 7) is 10.4. The molecule has 2 rings (SSSR count). The third kappa shape index (κ3) is 3.49. The molecule has 20 heavy (non-hydrogen) atoms. The van der Waals surface area contributed by atoms with E-state index in [1.165, 1.54) is 6.42 Å². The molecule has 6 heteroatoms. The molecule has 0 aromatic carbocycles. The van der Waals surface area contributed by atoms with Crippen molar-refractivity contribution in [2.45, 2.75) is 40.3 Å². The summed E-state index contributed by atoms with van der Waals surface area (Å²) in [4.78, 5) is 6.76. The lowest BCUT2D eigenvalue weighted by molar-refractivity contribution is 0.208. The quantitative estimate of drug-likeness (QED) is 0.670. The fourth-order valence-corrected chi connectivity index (χ4v) is 3.01. The second-order valence-electron chi connectivity index (χ2n) is 5.78. The highest BCUT2D eigenvalue weighted by Crippen LogP contribution is 2.20. The fraction of sp³-hybridized carbons (Fsp3) is 0.786. The number of rotatable bonds is 3. The van der Waals surface area contributed by atoms with Crippen LogP contribution in [0.15, 0.2) is 11.3 Å². The van der Waals surface area contributed by atoms with Crippen molar-refractivity contribution < 1.29 is 0 Å². The van der Waals surface area contributed by atoms with Gasteiger partial charge in [-0.15, -0.1) is 10.2 Å². The van der Waals surface area contributed by atoms with Gasteiger partial charge in [0.25, 0.3) is 0 Å². The van der Waals surface area contributed by atoms with E-state index in [4.69, 9.17) is 0 Å². The Balaban J connectivity index is 1.96. The minimum absolute atomic E-state index is 0.666. The van der Waals surface area contributed by atoms with Crippen LogP contribution in [-0.2, 0) is 13.1 Å². The van der Waals surface area contributed by atoms with Gasteiger partial charge in [-0.25, -0.2) is 0 Å². The molecular weight excluding hydrogens is 252 g/mol. The molecule has 0 spiro atoms. The molecule has 112 valence electrons. The first-order valence-corrected chi connectivity index (χ1v) is 7.46. The second kappa shape index (κ2) is 6.72. The largest absolute Gasteiger partial charge is 0.349 e. The van der Waals surface area contributed by atoms with E-state index in [1.807, 2.05) is 11.6 Å². The van der Waals surface area contributed by atoms with E-state index in [0.717, 1.165) is 43.3 Å². The molecule has 1 N–H and O–H groups in total. The molecule has 1 aromatic heterocycles. The Labute approximate surface area is 121 Å². The highest BCUT2D eigenvalue weighted by molar-refractivity contribution is 5.79. The van der Waals surface area contributed by atoms with Gasteiger partial charge in [0, 0.05) is 26.7 Å². The normalized spacial score (nSPS) is 24.0. The molecule has 0 bridgehead atoms. The van der Waals surface area contributed by atoms with Crippen molar-refractivity contribution in [2.24, 2.45) is 16.8 Å². The number of nitrogens with one attached hydrogen (secondary N) is 1. The van der Waals surface area contributed by atoms with E-state index in [9.17, 15) is 0 Å². The van der Waals surface area contributed by atoms with Crippen LogP contribution >= 0.6 is 0 Å². The van der Waals surface area contributed by atoms with E-state index in [1.54, 1.807) is 6.33 Å². The maximum Gasteiger partial charge on any atom is 0.194 e. The fourth-order valence-electron chi connectivity index (χ4n) is 3.01. The van der Waals surface area contributed by atoms with Crippen LogP contribution in [0, 0.1) is 11.8 Å². The minimum Gasteiger partial charge on any atom is -0.349 e. The molecule has 2 unspecified atom stereocenters. The van der Waals surface area contributed by atoms with Crippen LogP contribution in [-0.4, -0.2) is 45.8 Å². The highest BCUT2D eigenvalue weighted by Gasteiger charge is 2.24. The van der Waals surface area contributed by atoms with Crippen molar-refractivity contribution in [3.63, 3.8) is 0 Å². The Morgan fingerprint density at radius 1 is 1.40 bits per heavy atom. The average molecular weight is 278 g/mol. The first-order valence-electron chi connectivity index (χ1n) is 7.46. The summed E-state index contributed by atoms with van der Waals surface area (Å²) >= 11 is 0. The number of likely N-dealkylation sites (tertiary alicyclic amines) is 1. The zero-order valence-corrected chi connectivity index (χ0v) is 13.0. The van der Waals surface area contributed by atoms with Crippen molar-refractivity contribution in [1.82, 2.24) is 25.0 Å². The topological polar surface area (TPSA) is 58.3 Å². The van der Waals surface area contributed by atoms with Crippen molar-refractivity contribution in [3.8, 4) is 0 Å². The molecule has 1 fully saturated rings. The smallest absolute Gasteiger partial charge is 0.194 e. The van der Waals surface area contributed by atoms with Gasteiger partial charge in [-0.2, -0.15) is 0 Å². The molecule has 1 aliphatic rings. The number of aryl methyl sites for hydroxylation is 1. The Morgan fingerprint density at radius 2 is 2.10 bits per heavy atom. The van der Waals surface area contributed by atoms with Gasteiger partial charge in [-0.3, -0.25) is 4.99 Å². The van der Waals surface area contributed by atoms with Crippen LogP contribution in [0.2, 0.25) is 0 Å². The van der Waals surface area contributed by atoms with Gasteiger partial charge in [-0.05, 0) is 25.2 Å². The van der Waals surface area contributed by atoms with E-state index < -0.39 is 0 Å². The van der Waals surface area contributed by atoms with Gasteiger partial charge in [-0.1, -0.05) is 13.8 Å². The van der Waals surface area contributed by atoms with Crippen molar-refractivity contribution in [1.29, 1.82) is 0 Å². The number of hydrogen-bond acceptors (Lipinski definition) is 3. The molecule has 0 radical (unpaired) electrons. The van der Waals surface area contributed by atoms with Gasteiger partial charge in [0.2, 0.25) is 0 Å². The molecule has 1 aliphatic heterocycles. The lowest BCUT2D eigenvalue weighted by Gasteiger charge is -2.37. The summed E-state index contributed by atoms with van der Waals surface area (Å²) in [5.74, 6) is 3.36. The molecule has 0 saturated carbocycles. The zero-order valence-electron chi connectivity index (χ0n) is 13.0. The lowest BCUT2D eigenvalue weighted by Crippen LogP contribution is -2.48. The number of hydrogen-bond donors (Lipinski definition) is 1. The summed E-state index contributed by atoms with van der Waals surface area (Å²) in [7, 11) is 1.84. The molecule has 6 nitrogen and oxygen atoms in total. The van der Waals surface area contributed by atoms with Crippen LogP contribution in [0.25, 0.3) is 0 Å². The van der Waals surface area contributed by atoms with Crippen LogP contribution in [0.4, 0.5) is 0 Å². The van der Waals surface area contributed by atoms with E-state index in [2.05, 4.69) is 46.2 Å². The molecule has 1 saturated heterocycles. The van der Waals surface area contributed by atoms with Crippen molar-refractivity contribution in [3.05, 3.63) is 12.2 Å². The molecule has 0 aliphatic carbocycles. The SMILES string of the molecule is CCn1cnnc1CNC(=NC)N1CC(C)CC(C)C1. The highest BCUT2D eigenvalue weighted by atomic mass is 15.3. The van der Waals surface area contributed by atoms with Gasteiger partial charge in [0.05, 0.1) is 6.54 Å². The van der Waals surface area contributed by atoms with Gasteiger partial charge < -0.3 is 14.8 Å². The minimum atomic E-state index is 0.666. The predicted molar refractivity (Wildman–Crippen MR) is 80.4 cm³/mol. The Hall–Kier alpha value is -1.59. The molecule has 2 atom stereocenters. The Kier molecular flexibility index (Phi) is 4.98.